The van der Waals surface area contributed by atoms with Crippen LogP contribution in [-0.2, 0) is 6.54 Å². The molecule has 0 spiro atoms. The highest BCUT2D eigenvalue weighted by Crippen LogP contribution is 2.30. The third kappa shape index (κ3) is 3.11. The normalized spacial score (nSPS) is 11.0. The van der Waals surface area contributed by atoms with E-state index in [-0.39, 0.29) is 11.4 Å². The van der Waals surface area contributed by atoms with E-state index in [1.807, 2.05) is 30.3 Å². The number of benzene rings is 2. The first-order valence-electron chi connectivity index (χ1n) is 7.97. The summed E-state index contributed by atoms with van der Waals surface area (Å²) in [5, 5.41) is 18.4. The van der Waals surface area contributed by atoms with E-state index >= 15 is 0 Å². The first-order valence-corrected chi connectivity index (χ1v) is 9.74. The lowest BCUT2D eigenvalue weighted by atomic mass is 10.1. The molecule has 4 rings (SSSR count). The average Bonchev–Trinajstić information content (AvgIpc) is 2.98. The topological polar surface area (TPSA) is 71.9 Å². The zero-order chi connectivity index (χ0) is 17.4. The van der Waals surface area contributed by atoms with Crippen molar-refractivity contribution in [2.75, 3.05) is 12.0 Å². The van der Waals surface area contributed by atoms with E-state index in [2.05, 4.69) is 23.1 Å². The molecule has 0 saturated carbocycles. The standard InChI is InChI=1S/C19H16ClN3OS.H2O/c1-25-11-10-22-12-13-4-2-3-5-16(13)17-18(22)19(24)23(21-17)15-8-6-14(20)7-9-15;/h2-9,12H,10-11H2,1H3;1H2. The fourth-order valence-corrected chi connectivity index (χ4v) is 3.54. The van der Waals surface area contributed by atoms with Gasteiger partial charge in [0.2, 0.25) is 0 Å². The summed E-state index contributed by atoms with van der Waals surface area (Å²) in [7, 11) is 0. The summed E-state index contributed by atoms with van der Waals surface area (Å²) in [6.45, 7) is 0.808. The lowest BCUT2D eigenvalue weighted by Crippen LogP contribution is -2.35. The quantitative estimate of drug-likeness (QED) is 0.537. The molecule has 26 heavy (non-hydrogen) atoms. The van der Waals surface area contributed by atoms with Crippen molar-refractivity contribution < 1.29 is 15.1 Å². The maximum atomic E-state index is 10.9. The zero-order valence-corrected chi connectivity index (χ0v) is 15.7. The van der Waals surface area contributed by atoms with E-state index in [9.17, 15) is 5.11 Å². The molecule has 0 atom stereocenters. The van der Waals surface area contributed by atoms with Gasteiger partial charge in [0.25, 0.3) is 11.4 Å². The Kier molecular flexibility index (Phi) is 5.36. The van der Waals surface area contributed by atoms with Crippen LogP contribution in [0.3, 0.4) is 0 Å². The van der Waals surface area contributed by atoms with Crippen molar-refractivity contribution in [3.8, 4) is 11.6 Å². The van der Waals surface area contributed by atoms with Gasteiger partial charge in [0, 0.05) is 15.8 Å². The third-order valence-electron chi connectivity index (χ3n) is 4.24. The summed E-state index contributed by atoms with van der Waals surface area (Å²) in [6.07, 6.45) is 4.16. The average molecular weight is 388 g/mol. The Labute approximate surface area is 160 Å². The Balaban J connectivity index is 0.00000196. The molecule has 0 aliphatic rings. The fourth-order valence-electron chi connectivity index (χ4n) is 3.03. The van der Waals surface area contributed by atoms with Crippen LogP contribution in [0.25, 0.3) is 27.5 Å². The van der Waals surface area contributed by atoms with Crippen molar-refractivity contribution in [2.45, 2.75) is 6.54 Å². The summed E-state index contributed by atoms with van der Waals surface area (Å²) < 4.78 is 3.66. The molecular formula is C19H18ClN3O2S. The van der Waals surface area contributed by atoms with E-state index in [0.29, 0.717) is 5.02 Å². The van der Waals surface area contributed by atoms with Crippen molar-refractivity contribution in [2.24, 2.45) is 0 Å². The molecular weight excluding hydrogens is 370 g/mol. The van der Waals surface area contributed by atoms with E-state index in [4.69, 9.17) is 16.7 Å². The summed E-state index contributed by atoms with van der Waals surface area (Å²) >= 11 is 7.76. The molecule has 2 aromatic heterocycles. The molecule has 2 aromatic carbocycles. The van der Waals surface area contributed by atoms with E-state index in [0.717, 1.165) is 39.8 Å². The van der Waals surface area contributed by atoms with Crippen molar-refractivity contribution in [1.82, 2.24) is 9.78 Å². The van der Waals surface area contributed by atoms with Crippen LogP contribution in [0, 0.1) is 0 Å². The van der Waals surface area contributed by atoms with Crippen LogP contribution < -0.4 is 4.57 Å². The van der Waals surface area contributed by atoms with Gasteiger partial charge in [-0.05, 0) is 36.6 Å². The van der Waals surface area contributed by atoms with Gasteiger partial charge in [0.15, 0.2) is 18.3 Å². The van der Waals surface area contributed by atoms with Gasteiger partial charge in [-0.2, -0.15) is 26.1 Å². The van der Waals surface area contributed by atoms with Gasteiger partial charge in [-0.1, -0.05) is 29.8 Å². The molecule has 7 heteroatoms. The van der Waals surface area contributed by atoms with Crippen LogP contribution in [0.4, 0.5) is 0 Å². The second-order valence-electron chi connectivity index (χ2n) is 5.81. The number of hydrogen-bond acceptors (Lipinski definition) is 4. The number of aromatic nitrogens is 3. The van der Waals surface area contributed by atoms with Gasteiger partial charge in [-0.15, -0.1) is 0 Å². The molecule has 2 heterocycles. The molecule has 0 bridgehead atoms. The Morgan fingerprint density at radius 1 is 1.15 bits per heavy atom. The van der Waals surface area contributed by atoms with Gasteiger partial charge >= 0.3 is 0 Å². The van der Waals surface area contributed by atoms with Crippen molar-refractivity contribution in [3.63, 3.8) is 0 Å². The number of pyridine rings is 1. The van der Waals surface area contributed by atoms with E-state index in [1.165, 1.54) is 0 Å². The number of thioether (sulfide) groups is 1. The minimum absolute atomic E-state index is 0. The highest BCUT2D eigenvalue weighted by atomic mass is 35.5. The fraction of sp³-hybridized carbons (Fsp3) is 0.158. The van der Waals surface area contributed by atoms with Gasteiger partial charge in [-0.3, -0.25) is 0 Å². The van der Waals surface area contributed by atoms with Crippen LogP contribution in [0.2, 0.25) is 5.02 Å². The first-order chi connectivity index (χ1) is 12.2. The largest absolute Gasteiger partial charge is 0.870 e. The van der Waals surface area contributed by atoms with Crippen LogP contribution in [0.5, 0.6) is 5.88 Å². The molecule has 0 unspecified atom stereocenters. The second-order valence-corrected chi connectivity index (χ2v) is 7.23. The minimum atomic E-state index is 0. The van der Waals surface area contributed by atoms with Crippen LogP contribution in [0.1, 0.15) is 0 Å². The monoisotopic (exact) mass is 387 g/mol. The first kappa shape index (κ1) is 18.5. The molecule has 4 aromatic rings. The molecule has 0 aliphatic carbocycles. The third-order valence-corrected chi connectivity index (χ3v) is 5.09. The zero-order valence-electron chi connectivity index (χ0n) is 14.1. The van der Waals surface area contributed by atoms with Crippen molar-refractivity contribution in [3.05, 3.63) is 59.8 Å². The molecule has 5 nitrogen and oxygen atoms in total. The van der Waals surface area contributed by atoms with Crippen molar-refractivity contribution >= 4 is 45.2 Å². The second kappa shape index (κ2) is 7.53. The number of halogens is 1. The molecule has 0 aliphatic heterocycles. The molecule has 0 saturated heterocycles. The van der Waals surface area contributed by atoms with Crippen LogP contribution >= 0.6 is 23.4 Å². The number of fused-ring (bicyclic) bond motifs is 3. The summed E-state index contributed by atoms with van der Waals surface area (Å²) in [4.78, 5) is 0. The Morgan fingerprint density at radius 3 is 2.62 bits per heavy atom. The van der Waals surface area contributed by atoms with Gasteiger partial charge in [0.1, 0.15) is 0 Å². The van der Waals surface area contributed by atoms with E-state index < -0.39 is 0 Å². The van der Waals surface area contributed by atoms with E-state index in [1.54, 1.807) is 28.6 Å². The predicted octanol–water partition coefficient (Wildman–Crippen LogP) is 4.01. The van der Waals surface area contributed by atoms with Crippen LogP contribution in [0.15, 0.2) is 54.7 Å². The summed E-state index contributed by atoms with van der Waals surface area (Å²) in [6, 6.07) is 15.4. The van der Waals surface area contributed by atoms with Crippen LogP contribution in [-0.4, -0.2) is 32.4 Å². The molecule has 0 radical (unpaired) electrons. The Bertz CT molecular complexity index is 1060. The van der Waals surface area contributed by atoms with Gasteiger partial charge < -0.3 is 10.6 Å². The van der Waals surface area contributed by atoms with Gasteiger partial charge in [-0.25, -0.2) is 0 Å². The Hall–Kier alpha value is -2.28. The van der Waals surface area contributed by atoms with Crippen molar-refractivity contribution in [1.29, 1.82) is 0 Å². The lowest BCUT2D eigenvalue weighted by molar-refractivity contribution is -0.665. The highest BCUT2D eigenvalue weighted by molar-refractivity contribution is 7.98. The number of rotatable bonds is 4. The predicted molar refractivity (Wildman–Crippen MR) is 106 cm³/mol. The number of hydrogen-bond donors (Lipinski definition) is 1. The smallest absolute Gasteiger partial charge is 0.296 e. The minimum Gasteiger partial charge on any atom is -0.870 e. The molecule has 0 amide bonds. The lowest BCUT2D eigenvalue weighted by Gasteiger charge is -2.02. The highest BCUT2D eigenvalue weighted by Gasteiger charge is 2.24. The molecule has 2 N–H and O–H groups in total. The maximum Gasteiger partial charge on any atom is 0.296 e. The van der Waals surface area contributed by atoms with Gasteiger partial charge in [0.05, 0.1) is 11.4 Å². The molecule has 134 valence electrons. The number of aryl methyl sites for hydroxylation is 1. The maximum absolute atomic E-state index is 10.9. The number of aromatic hydroxyl groups is 1. The number of nitrogens with zero attached hydrogens (tertiary/aromatic N) is 3. The molecule has 0 fully saturated rings. The Morgan fingerprint density at radius 2 is 1.88 bits per heavy atom. The SMILES string of the molecule is CSCC[n+]1cc2ccccc2c2nn(-c3ccc(Cl)cc3)c(O)c21.[OH-]. The summed E-state index contributed by atoms with van der Waals surface area (Å²) in [5.74, 6) is 1.10. The summed E-state index contributed by atoms with van der Waals surface area (Å²) in [5.41, 5.74) is 2.33.